The van der Waals surface area contributed by atoms with Gasteiger partial charge in [-0.15, -0.1) is 0 Å². The number of carbonyl (C=O) groups is 1. The summed E-state index contributed by atoms with van der Waals surface area (Å²) < 4.78 is 5.45. The molecule has 4 aromatic rings. The third kappa shape index (κ3) is 6.24. The highest BCUT2D eigenvalue weighted by Crippen LogP contribution is 2.35. The second-order valence-corrected chi connectivity index (χ2v) is 11.5. The van der Waals surface area contributed by atoms with Gasteiger partial charge >= 0.3 is 6.09 Å². The molecule has 2 aromatic heterocycles. The number of pyridine rings is 2. The van der Waals surface area contributed by atoms with E-state index in [0.29, 0.717) is 18.1 Å². The van der Waals surface area contributed by atoms with Gasteiger partial charge in [0.1, 0.15) is 11.1 Å². The van der Waals surface area contributed by atoms with Crippen molar-refractivity contribution >= 4 is 34.2 Å². The molecule has 1 fully saturated rings. The van der Waals surface area contributed by atoms with Crippen LogP contribution < -0.4 is 10.6 Å². The van der Waals surface area contributed by atoms with Crippen LogP contribution in [-0.4, -0.2) is 50.9 Å². The summed E-state index contributed by atoms with van der Waals surface area (Å²) in [5.41, 5.74) is 7.08. The molecule has 0 unspecified atom stereocenters. The van der Waals surface area contributed by atoms with Gasteiger partial charge in [-0.25, -0.2) is 9.78 Å². The maximum atomic E-state index is 12.4. The molecule has 0 bridgehead atoms. The Hall–Kier alpha value is -4.01. The number of benzene rings is 2. The number of aliphatic hydroxyl groups is 1. The summed E-state index contributed by atoms with van der Waals surface area (Å²) >= 11 is 0. The molecule has 0 spiro atoms. The third-order valence-corrected chi connectivity index (χ3v) is 7.16. The summed E-state index contributed by atoms with van der Waals surface area (Å²) in [6.07, 6.45) is 3.80. The predicted molar refractivity (Wildman–Crippen MR) is 160 cm³/mol. The zero-order chi connectivity index (χ0) is 28.4. The summed E-state index contributed by atoms with van der Waals surface area (Å²) in [6, 6.07) is 16.1. The van der Waals surface area contributed by atoms with E-state index in [-0.39, 0.29) is 6.10 Å². The Bertz CT molecular complexity index is 1550. The Morgan fingerprint density at radius 2 is 1.75 bits per heavy atom. The first-order valence-electron chi connectivity index (χ1n) is 13.7. The summed E-state index contributed by atoms with van der Waals surface area (Å²) in [4.78, 5) is 24.0. The number of fused-ring (bicyclic) bond motifs is 1. The minimum Gasteiger partial charge on any atom is -0.444 e. The molecule has 8 heteroatoms. The average molecular weight is 540 g/mol. The SMILES string of the molecule is Cc1c(NC(=O)OC(C)(C)C)cccc1-c1cccc(Nc2nccc3cc(CN4CC[C@@H](O)C4)cnc23)c1C. The standard InChI is InChI=1S/C32H37N5O3/c1-20-25(26-9-7-11-28(21(26)2)36-31(39)40-32(3,4)5)8-6-10-27(20)35-30-29-23(12-14-33-30)16-22(17-34-29)18-37-15-13-24(38)19-37/h6-12,14,16-17,24,38H,13,15,18-19H2,1-5H3,(H,33,35)(H,36,39)/t24-/m1/s1. The number of carbonyl (C=O) groups excluding carboxylic acids is 1. The average Bonchev–Trinajstić information content (AvgIpc) is 3.30. The van der Waals surface area contributed by atoms with E-state index in [4.69, 9.17) is 9.72 Å². The molecule has 208 valence electrons. The number of nitrogens with one attached hydrogen (secondary N) is 2. The quantitative estimate of drug-likeness (QED) is 0.255. The topological polar surface area (TPSA) is 99.6 Å². The minimum atomic E-state index is -0.574. The van der Waals surface area contributed by atoms with Crippen molar-refractivity contribution in [3.63, 3.8) is 0 Å². The van der Waals surface area contributed by atoms with Gasteiger partial charge in [-0.05, 0) is 93.1 Å². The van der Waals surface area contributed by atoms with E-state index < -0.39 is 11.7 Å². The van der Waals surface area contributed by atoms with Gasteiger partial charge in [0, 0.05) is 48.8 Å². The molecular weight excluding hydrogens is 502 g/mol. The smallest absolute Gasteiger partial charge is 0.412 e. The number of hydrogen-bond donors (Lipinski definition) is 3. The van der Waals surface area contributed by atoms with Gasteiger partial charge in [-0.2, -0.15) is 0 Å². The van der Waals surface area contributed by atoms with Crippen molar-refractivity contribution in [1.29, 1.82) is 0 Å². The van der Waals surface area contributed by atoms with Crippen LogP contribution in [0.25, 0.3) is 22.0 Å². The maximum Gasteiger partial charge on any atom is 0.412 e. The van der Waals surface area contributed by atoms with Crippen molar-refractivity contribution in [3.8, 4) is 11.1 Å². The second-order valence-electron chi connectivity index (χ2n) is 11.5. The molecule has 0 aliphatic carbocycles. The molecular formula is C32H37N5O3. The van der Waals surface area contributed by atoms with Crippen molar-refractivity contribution in [2.45, 2.75) is 59.3 Å². The Balaban J connectivity index is 1.40. The minimum absolute atomic E-state index is 0.236. The second kappa shape index (κ2) is 11.2. The lowest BCUT2D eigenvalue weighted by atomic mass is 9.94. The Kier molecular flexibility index (Phi) is 7.74. The molecule has 1 saturated heterocycles. The van der Waals surface area contributed by atoms with Gasteiger partial charge in [0.25, 0.3) is 0 Å². The molecule has 0 saturated carbocycles. The van der Waals surface area contributed by atoms with Gasteiger partial charge < -0.3 is 15.2 Å². The predicted octanol–water partition coefficient (Wildman–Crippen LogP) is 6.57. The summed E-state index contributed by atoms with van der Waals surface area (Å²) in [5.74, 6) is 0.693. The van der Waals surface area contributed by atoms with Gasteiger partial charge in [0.15, 0.2) is 5.82 Å². The number of rotatable bonds is 6. The summed E-state index contributed by atoms with van der Waals surface area (Å²) in [6.45, 7) is 12.0. The first-order valence-corrected chi connectivity index (χ1v) is 13.7. The van der Waals surface area contributed by atoms with Gasteiger partial charge in [-0.1, -0.05) is 24.3 Å². The lowest BCUT2D eigenvalue weighted by Gasteiger charge is -2.21. The van der Waals surface area contributed by atoms with Crippen molar-refractivity contribution < 1.29 is 14.6 Å². The monoisotopic (exact) mass is 539 g/mol. The highest BCUT2D eigenvalue weighted by atomic mass is 16.6. The molecule has 8 nitrogen and oxygen atoms in total. The molecule has 40 heavy (non-hydrogen) atoms. The Morgan fingerprint density at radius 1 is 1.05 bits per heavy atom. The van der Waals surface area contributed by atoms with Crippen molar-refractivity contribution in [2.24, 2.45) is 0 Å². The molecule has 5 rings (SSSR count). The fourth-order valence-electron chi connectivity index (χ4n) is 5.16. The van der Waals surface area contributed by atoms with Crippen LogP contribution in [0.1, 0.15) is 43.9 Å². The van der Waals surface area contributed by atoms with Gasteiger partial charge in [0.05, 0.1) is 6.10 Å². The highest BCUT2D eigenvalue weighted by Gasteiger charge is 2.21. The van der Waals surface area contributed by atoms with E-state index in [1.807, 2.05) is 64.2 Å². The van der Waals surface area contributed by atoms with E-state index in [9.17, 15) is 9.90 Å². The van der Waals surface area contributed by atoms with Crippen molar-refractivity contribution in [1.82, 2.24) is 14.9 Å². The van der Waals surface area contributed by atoms with Crippen LogP contribution in [0.5, 0.6) is 0 Å². The molecule has 1 aliphatic rings. The molecule has 0 radical (unpaired) electrons. The number of amides is 1. The zero-order valence-electron chi connectivity index (χ0n) is 23.8. The normalized spacial score (nSPS) is 15.8. The molecule has 3 N–H and O–H groups in total. The highest BCUT2D eigenvalue weighted by molar-refractivity contribution is 5.92. The number of anilines is 3. The van der Waals surface area contributed by atoms with Gasteiger partial charge in [0.2, 0.25) is 0 Å². The van der Waals surface area contributed by atoms with Crippen LogP contribution in [0.2, 0.25) is 0 Å². The molecule has 1 atom stereocenters. The van der Waals surface area contributed by atoms with E-state index >= 15 is 0 Å². The van der Waals surface area contributed by atoms with Crippen LogP contribution in [0.4, 0.5) is 22.0 Å². The van der Waals surface area contributed by atoms with Crippen LogP contribution >= 0.6 is 0 Å². The molecule has 1 aliphatic heterocycles. The van der Waals surface area contributed by atoms with Crippen molar-refractivity contribution in [2.75, 3.05) is 23.7 Å². The number of aromatic nitrogens is 2. The van der Waals surface area contributed by atoms with E-state index in [0.717, 1.165) is 63.9 Å². The number of aliphatic hydroxyl groups excluding tert-OH is 1. The first kappa shape index (κ1) is 27.6. The van der Waals surface area contributed by atoms with Crippen LogP contribution in [-0.2, 0) is 11.3 Å². The molecule has 2 aromatic carbocycles. The molecule has 3 heterocycles. The molecule has 1 amide bonds. The number of ether oxygens (including phenoxy) is 1. The lowest BCUT2D eigenvalue weighted by molar-refractivity contribution is 0.0636. The first-order chi connectivity index (χ1) is 19.1. The maximum absolute atomic E-state index is 12.4. The summed E-state index contributed by atoms with van der Waals surface area (Å²) in [5, 5.41) is 17.3. The van der Waals surface area contributed by atoms with E-state index in [2.05, 4.69) is 45.6 Å². The lowest BCUT2D eigenvalue weighted by Crippen LogP contribution is -2.27. The van der Waals surface area contributed by atoms with E-state index in [1.54, 1.807) is 6.20 Å². The van der Waals surface area contributed by atoms with E-state index in [1.165, 1.54) is 0 Å². The van der Waals surface area contributed by atoms with Crippen LogP contribution in [0, 0.1) is 13.8 Å². The van der Waals surface area contributed by atoms with Gasteiger partial charge in [-0.3, -0.25) is 15.2 Å². The largest absolute Gasteiger partial charge is 0.444 e. The number of likely N-dealkylation sites (tertiary alicyclic amines) is 1. The van der Waals surface area contributed by atoms with Crippen molar-refractivity contribution in [3.05, 3.63) is 77.6 Å². The summed E-state index contributed by atoms with van der Waals surface area (Å²) in [7, 11) is 0. The fraction of sp³-hybridized carbons (Fsp3) is 0.344. The zero-order valence-corrected chi connectivity index (χ0v) is 23.8. The number of hydrogen-bond acceptors (Lipinski definition) is 7. The Morgan fingerprint density at radius 3 is 2.42 bits per heavy atom. The third-order valence-electron chi connectivity index (χ3n) is 7.16. The number of β-amino-alcohol motifs (C(OH)–C–C–N with tert-alkyl or cyclic N) is 1. The Labute approximate surface area is 235 Å². The fourth-order valence-corrected chi connectivity index (χ4v) is 5.16. The van der Waals surface area contributed by atoms with Crippen LogP contribution in [0.15, 0.2) is 60.9 Å². The number of nitrogens with zero attached hydrogens (tertiary/aromatic N) is 3. The van der Waals surface area contributed by atoms with Crippen LogP contribution in [0.3, 0.4) is 0 Å².